The zero-order chi connectivity index (χ0) is 9.80. The van der Waals surface area contributed by atoms with Crippen LogP contribution in [0.4, 0.5) is 0 Å². The van der Waals surface area contributed by atoms with Crippen LogP contribution in [-0.2, 0) is 16.0 Å². The van der Waals surface area contributed by atoms with Gasteiger partial charge in [-0.2, -0.15) is 0 Å². The molecule has 2 rings (SSSR count). The second-order valence-electron chi connectivity index (χ2n) is 3.04. The number of aromatic nitrogens is 2. The Labute approximate surface area is 82.3 Å². The highest BCUT2D eigenvalue weighted by Gasteiger charge is 2.19. The van der Waals surface area contributed by atoms with Crippen LogP contribution in [0.2, 0.25) is 0 Å². The fraction of sp³-hybridized carbons (Fsp3) is 0.556. The molecule has 2 N–H and O–H groups in total. The Kier molecular flexibility index (Phi) is 3.03. The summed E-state index contributed by atoms with van der Waals surface area (Å²) in [4.78, 5) is 8.41. The fourth-order valence-electron chi connectivity index (χ4n) is 1.32. The molecule has 0 aliphatic carbocycles. The SMILES string of the molecule is NCc1ccnc(C2COCCO2)n1. The van der Waals surface area contributed by atoms with Crippen LogP contribution in [0.15, 0.2) is 12.3 Å². The summed E-state index contributed by atoms with van der Waals surface area (Å²) in [5.74, 6) is 0.660. The minimum absolute atomic E-state index is 0.143. The molecule has 0 aromatic carbocycles. The van der Waals surface area contributed by atoms with Crippen LogP contribution >= 0.6 is 0 Å². The quantitative estimate of drug-likeness (QED) is 0.720. The second-order valence-corrected chi connectivity index (χ2v) is 3.04. The largest absolute Gasteiger partial charge is 0.376 e. The van der Waals surface area contributed by atoms with Crippen molar-refractivity contribution in [1.82, 2.24) is 9.97 Å². The van der Waals surface area contributed by atoms with Gasteiger partial charge in [-0.15, -0.1) is 0 Å². The Morgan fingerprint density at radius 3 is 3.14 bits per heavy atom. The number of rotatable bonds is 2. The van der Waals surface area contributed by atoms with E-state index in [2.05, 4.69) is 9.97 Å². The predicted molar refractivity (Wildman–Crippen MR) is 49.4 cm³/mol. The van der Waals surface area contributed by atoms with Gasteiger partial charge in [0.05, 0.1) is 25.5 Å². The Morgan fingerprint density at radius 2 is 2.43 bits per heavy atom. The van der Waals surface area contributed by atoms with E-state index in [9.17, 15) is 0 Å². The van der Waals surface area contributed by atoms with Gasteiger partial charge in [-0.25, -0.2) is 9.97 Å². The minimum atomic E-state index is -0.143. The molecule has 1 unspecified atom stereocenters. The van der Waals surface area contributed by atoms with Gasteiger partial charge in [0.25, 0.3) is 0 Å². The number of nitrogens with zero attached hydrogens (tertiary/aromatic N) is 2. The van der Waals surface area contributed by atoms with Crippen molar-refractivity contribution >= 4 is 0 Å². The zero-order valence-corrected chi connectivity index (χ0v) is 7.85. The molecule has 5 heteroatoms. The summed E-state index contributed by atoms with van der Waals surface area (Å²) in [6, 6.07) is 1.80. The third-order valence-electron chi connectivity index (χ3n) is 2.04. The third-order valence-corrected chi connectivity index (χ3v) is 2.04. The molecule has 14 heavy (non-hydrogen) atoms. The van der Waals surface area contributed by atoms with Crippen LogP contribution in [-0.4, -0.2) is 29.8 Å². The van der Waals surface area contributed by atoms with Gasteiger partial charge in [0, 0.05) is 12.7 Å². The molecule has 1 saturated heterocycles. The lowest BCUT2D eigenvalue weighted by molar-refractivity contribution is -0.0936. The van der Waals surface area contributed by atoms with Crippen molar-refractivity contribution in [2.24, 2.45) is 5.73 Å². The molecule has 76 valence electrons. The van der Waals surface area contributed by atoms with Crippen molar-refractivity contribution in [2.45, 2.75) is 12.6 Å². The molecule has 0 bridgehead atoms. The van der Waals surface area contributed by atoms with Crippen molar-refractivity contribution in [3.8, 4) is 0 Å². The first kappa shape index (κ1) is 9.51. The molecule has 1 aliphatic heterocycles. The van der Waals surface area contributed by atoms with E-state index in [1.165, 1.54) is 0 Å². The van der Waals surface area contributed by atoms with Gasteiger partial charge >= 0.3 is 0 Å². The van der Waals surface area contributed by atoms with E-state index < -0.39 is 0 Å². The number of ether oxygens (including phenoxy) is 2. The summed E-state index contributed by atoms with van der Waals surface area (Å²) in [5, 5.41) is 0. The van der Waals surface area contributed by atoms with Crippen LogP contribution in [0.3, 0.4) is 0 Å². The average Bonchev–Trinajstić information content (AvgIpc) is 2.30. The Balaban J connectivity index is 2.13. The van der Waals surface area contributed by atoms with E-state index in [1.807, 2.05) is 0 Å². The molecule has 0 amide bonds. The maximum Gasteiger partial charge on any atom is 0.159 e. The normalized spacial score (nSPS) is 22.2. The number of hydrogen-bond acceptors (Lipinski definition) is 5. The number of hydrogen-bond donors (Lipinski definition) is 1. The molecule has 0 saturated carbocycles. The smallest absolute Gasteiger partial charge is 0.159 e. The summed E-state index contributed by atoms with van der Waals surface area (Å²) < 4.78 is 10.7. The van der Waals surface area contributed by atoms with Crippen molar-refractivity contribution in [2.75, 3.05) is 19.8 Å². The second kappa shape index (κ2) is 4.45. The molecule has 1 aliphatic rings. The minimum Gasteiger partial charge on any atom is -0.376 e. The molecule has 0 radical (unpaired) electrons. The zero-order valence-electron chi connectivity index (χ0n) is 7.85. The molecule has 1 atom stereocenters. The van der Waals surface area contributed by atoms with Gasteiger partial charge < -0.3 is 15.2 Å². The Bertz CT molecular complexity index is 300. The van der Waals surface area contributed by atoms with Crippen LogP contribution in [0, 0.1) is 0 Å². The third kappa shape index (κ3) is 2.06. The Morgan fingerprint density at radius 1 is 1.50 bits per heavy atom. The van der Waals surface area contributed by atoms with Crippen LogP contribution in [0.25, 0.3) is 0 Å². The lowest BCUT2D eigenvalue weighted by atomic mass is 10.3. The van der Waals surface area contributed by atoms with E-state index in [-0.39, 0.29) is 6.10 Å². The lowest BCUT2D eigenvalue weighted by Crippen LogP contribution is -2.24. The maximum atomic E-state index is 5.49. The topological polar surface area (TPSA) is 70.3 Å². The summed E-state index contributed by atoms with van der Waals surface area (Å²) in [6.07, 6.45) is 1.55. The van der Waals surface area contributed by atoms with Gasteiger partial charge in [0.2, 0.25) is 0 Å². The maximum absolute atomic E-state index is 5.49. The van der Waals surface area contributed by atoms with Crippen molar-refractivity contribution in [3.05, 3.63) is 23.8 Å². The average molecular weight is 195 g/mol. The standard InChI is InChI=1S/C9H13N3O2/c10-5-7-1-2-11-9(12-7)8-6-13-3-4-14-8/h1-2,8H,3-6,10H2. The van der Waals surface area contributed by atoms with Crippen LogP contribution in [0.5, 0.6) is 0 Å². The van der Waals surface area contributed by atoms with E-state index in [0.29, 0.717) is 32.2 Å². The van der Waals surface area contributed by atoms with Crippen molar-refractivity contribution < 1.29 is 9.47 Å². The molecule has 1 fully saturated rings. The van der Waals surface area contributed by atoms with Gasteiger partial charge in [0.1, 0.15) is 6.10 Å². The lowest BCUT2D eigenvalue weighted by Gasteiger charge is -2.21. The molecule has 1 aromatic heterocycles. The van der Waals surface area contributed by atoms with E-state index >= 15 is 0 Å². The molecule has 2 heterocycles. The molecule has 0 spiro atoms. The van der Waals surface area contributed by atoms with Gasteiger partial charge in [0.15, 0.2) is 5.82 Å². The summed E-state index contributed by atoms with van der Waals surface area (Å²) in [6.45, 7) is 2.19. The summed E-state index contributed by atoms with van der Waals surface area (Å²) in [5.41, 5.74) is 6.31. The van der Waals surface area contributed by atoms with E-state index in [4.69, 9.17) is 15.2 Å². The first-order valence-electron chi connectivity index (χ1n) is 4.61. The summed E-state index contributed by atoms with van der Waals surface area (Å²) >= 11 is 0. The summed E-state index contributed by atoms with van der Waals surface area (Å²) in [7, 11) is 0. The molecule has 1 aromatic rings. The van der Waals surface area contributed by atoms with Crippen molar-refractivity contribution in [3.63, 3.8) is 0 Å². The van der Waals surface area contributed by atoms with Gasteiger partial charge in [-0.05, 0) is 6.07 Å². The van der Waals surface area contributed by atoms with Crippen LogP contribution < -0.4 is 5.73 Å². The van der Waals surface area contributed by atoms with Gasteiger partial charge in [-0.1, -0.05) is 0 Å². The Hall–Kier alpha value is -1.04. The first-order chi connectivity index (χ1) is 6.90. The molecule has 5 nitrogen and oxygen atoms in total. The number of nitrogens with two attached hydrogens (primary N) is 1. The van der Waals surface area contributed by atoms with Crippen molar-refractivity contribution in [1.29, 1.82) is 0 Å². The predicted octanol–water partition coefficient (Wildman–Crippen LogP) is 0.0232. The highest BCUT2D eigenvalue weighted by molar-refractivity contribution is 5.04. The monoisotopic (exact) mass is 195 g/mol. The highest BCUT2D eigenvalue weighted by Crippen LogP contribution is 2.16. The first-order valence-corrected chi connectivity index (χ1v) is 4.61. The molecular weight excluding hydrogens is 182 g/mol. The molecular formula is C9H13N3O2. The highest BCUT2D eigenvalue weighted by atomic mass is 16.6. The van der Waals surface area contributed by atoms with E-state index in [0.717, 1.165) is 5.69 Å². The van der Waals surface area contributed by atoms with Crippen LogP contribution in [0.1, 0.15) is 17.6 Å². The van der Waals surface area contributed by atoms with E-state index in [1.54, 1.807) is 12.3 Å². The fourth-order valence-corrected chi connectivity index (χ4v) is 1.32. The van der Waals surface area contributed by atoms with Gasteiger partial charge in [-0.3, -0.25) is 0 Å².